The second kappa shape index (κ2) is 13.0. The van der Waals surface area contributed by atoms with Gasteiger partial charge in [0.1, 0.15) is 22.3 Å². The maximum absolute atomic E-state index is 6.72. The highest BCUT2D eigenvalue weighted by Crippen LogP contribution is 2.45. The summed E-state index contributed by atoms with van der Waals surface area (Å²) in [6.45, 7) is 0. The quantitative estimate of drug-likeness (QED) is 0.171. The molecular weight excluding hydrogens is 687 g/mol. The Morgan fingerprint density at radius 3 is 1.73 bits per heavy atom. The average molecular weight is 718 g/mol. The average Bonchev–Trinajstić information content (AvgIpc) is 3.86. The lowest BCUT2D eigenvalue weighted by Crippen LogP contribution is -1.96. The first-order chi connectivity index (χ1) is 27.7. The molecule has 0 amide bonds. The zero-order valence-electron chi connectivity index (χ0n) is 30.1. The number of furan rings is 2. The summed E-state index contributed by atoms with van der Waals surface area (Å²) in [7, 11) is 0. The highest BCUT2D eigenvalue weighted by Gasteiger charge is 2.21. The molecule has 0 atom stereocenters. The van der Waals surface area contributed by atoms with Gasteiger partial charge in [0.05, 0.1) is 17.1 Å². The van der Waals surface area contributed by atoms with Gasteiger partial charge in [-0.15, -0.1) is 0 Å². The van der Waals surface area contributed by atoms with E-state index in [1.807, 2.05) is 72.9 Å². The summed E-state index contributed by atoms with van der Waals surface area (Å²) in [5.41, 5.74) is 14.3. The third-order valence-electron chi connectivity index (χ3n) is 10.6. The summed E-state index contributed by atoms with van der Waals surface area (Å²) < 4.78 is 13.0. The van der Waals surface area contributed by atoms with E-state index in [-0.39, 0.29) is 0 Å². The molecule has 7 aromatic carbocycles. The standard InChI is InChI=1S/C51H31N3O2/c1-2-12-33(13-3-1)43-31-44(36-15-10-14-35(30-36)42-19-8-9-29-52-42)54-51(53-43)34-25-23-32(24-26-34)37-27-28-39(50-49(37)41-17-5-7-21-46(41)56-50)38-18-11-22-47-48(38)40-16-4-6-20-45(40)55-47/h1-31H. The van der Waals surface area contributed by atoms with Gasteiger partial charge in [-0.25, -0.2) is 9.97 Å². The van der Waals surface area contributed by atoms with Gasteiger partial charge >= 0.3 is 0 Å². The maximum Gasteiger partial charge on any atom is 0.160 e. The normalized spacial score (nSPS) is 11.6. The van der Waals surface area contributed by atoms with Gasteiger partial charge in [0, 0.05) is 55.6 Å². The van der Waals surface area contributed by atoms with Gasteiger partial charge in [-0.3, -0.25) is 4.98 Å². The van der Waals surface area contributed by atoms with Crippen molar-refractivity contribution in [3.63, 3.8) is 0 Å². The van der Waals surface area contributed by atoms with E-state index in [1.165, 1.54) is 0 Å². The summed E-state index contributed by atoms with van der Waals surface area (Å²) in [5, 5.41) is 4.32. The van der Waals surface area contributed by atoms with Gasteiger partial charge in [-0.05, 0) is 65.2 Å². The van der Waals surface area contributed by atoms with Gasteiger partial charge in [0.25, 0.3) is 0 Å². The molecule has 5 heteroatoms. The molecule has 4 aromatic heterocycles. The van der Waals surface area contributed by atoms with Crippen LogP contribution in [0.4, 0.5) is 0 Å². The molecule has 11 rings (SSSR count). The minimum atomic E-state index is 0.658. The van der Waals surface area contributed by atoms with Crippen LogP contribution in [0.2, 0.25) is 0 Å². The number of rotatable bonds is 6. The van der Waals surface area contributed by atoms with Gasteiger partial charge in [-0.2, -0.15) is 0 Å². The van der Waals surface area contributed by atoms with Crippen LogP contribution in [-0.2, 0) is 0 Å². The second-order valence-corrected chi connectivity index (χ2v) is 13.9. The molecule has 56 heavy (non-hydrogen) atoms. The van der Waals surface area contributed by atoms with Crippen LogP contribution in [0.1, 0.15) is 0 Å². The molecule has 0 aliphatic heterocycles. The van der Waals surface area contributed by atoms with Crippen molar-refractivity contribution >= 4 is 43.9 Å². The van der Waals surface area contributed by atoms with Crippen LogP contribution in [0.25, 0.3) is 111 Å². The summed E-state index contributed by atoms with van der Waals surface area (Å²) in [6, 6.07) is 62.4. The third kappa shape index (κ3) is 5.37. The van der Waals surface area contributed by atoms with Gasteiger partial charge < -0.3 is 8.83 Å². The third-order valence-corrected chi connectivity index (χ3v) is 10.6. The number of benzene rings is 7. The predicted octanol–water partition coefficient (Wildman–Crippen LogP) is 13.7. The molecule has 0 unspecified atom stereocenters. The summed E-state index contributed by atoms with van der Waals surface area (Å²) in [4.78, 5) is 14.8. The molecular formula is C51H31N3O2. The molecule has 0 fully saturated rings. The van der Waals surface area contributed by atoms with Gasteiger partial charge in [0.2, 0.25) is 0 Å². The highest BCUT2D eigenvalue weighted by atomic mass is 16.3. The first kappa shape index (κ1) is 31.9. The Hall–Kier alpha value is -7.63. The van der Waals surface area contributed by atoms with Crippen molar-refractivity contribution in [1.82, 2.24) is 15.0 Å². The van der Waals surface area contributed by atoms with E-state index in [2.05, 4.69) is 120 Å². The number of pyridine rings is 1. The van der Waals surface area contributed by atoms with Gasteiger partial charge in [0.15, 0.2) is 5.82 Å². The molecule has 0 aliphatic carbocycles. The van der Waals surface area contributed by atoms with Gasteiger partial charge in [-0.1, -0.05) is 133 Å². The molecule has 4 heterocycles. The zero-order valence-corrected chi connectivity index (χ0v) is 30.1. The molecule has 11 aromatic rings. The Kier molecular flexibility index (Phi) is 7.42. The predicted molar refractivity (Wildman–Crippen MR) is 227 cm³/mol. The van der Waals surface area contributed by atoms with E-state index in [4.69, 9.17) is 18.8 Å². The van der Waals surface area contributed by atoms with E-state index in [1.54, 1.807) is 0 Å². The van der Waals surface area contributed by atoms with Crippen LogP contribution < -0.4 is 0 Å². The van der Waals surface area contributed by atoms with Crippen LogP contribution in [0.15, 0.2) is 197 Å². The Morgan fingerprint density at radius 2 is 0.946 bits per heavy atom. The maximum atomic E-state index is 6.72. The highest BCUT2D eigenvalue weighted by molar-refractivity contribution is 6.20. The molecule has 0 N–H and O–H groups in total. The molecule has 0 saturated heterocycles. The second-order valence-electron chi connectivity index (χ2n) is 13.9. The minimum Gasteiger partial charge on any atom is -0.456 e. The Labute approximate surface area is 322 Å². The lowest BCUT2D eigenvalue weighted by Gasteiger charge is -2.12. The summed E-state index contributed by atoms with van der Waals surface area (Å²) in [6.07, 6.45) is 1.82. The number of hydrogen-bond acceptors (Lipinski definition) is 5. The number of hydrogen-bond donors (Lipinski definition) is 0. The fourth-order valence-corrected chi connectivity index (χ4v) is 7.93. The van der Waals surface area contributed by atoms with E-state index in [0.29, 0.717) is 5.82 Å². The smallest absolute Gasteiger partial charge is 0.160 e. The number of para-hydroxylation sites is 2. The molecule has 0 radical (unpaired) electrons. The van der Waals surface area contributed by atoms with E-state index < -0.39 is 0 Å². The minimum absolute atomic E-state index is 0.658. The monoisotopic (exact) mass is 717 g/mol. The van der Waals surface area contributed by atoms with Crippen LogP contribution in [-0.4, -0.2) is 15.0 Å². The first-order valence-corrected chi connectivity index (χ1v) is 18.7. The number of fused-ring (bicyclic) bond motifs is 6. The van der Waals surface area contributed by atoms with Crippen molar-refractivity contribution < 1.29 is 8.83 Å². The largest absolute Gasteiger partial charge is 0.456 e. The van der Waals surface area contributed by atoms with Crippen molar-refractivity contribution in [2.24, 2.45) is 0 Å². The molecule has 0 spiro atoms. The van der Waals surface area contributed by atoms with Crippen LogP contribution in [0.5, 0.6) is 0 Å². The van der Waals surface area contributed by atoms with Crippen molar-refractivity contribution in [1.29, 1.82) is 0 Å². The first-order valence-electron chi connectivity index (χ1n) is 18.7. The van der Waals surface area contributed by atoms with Crippen molar-refractivity contribution in [3.05, 3.63) is 188 Å². The van der Waals surface area contributed by atoms with Crippen LogP contribution >= 0.6 is 0 Å². The molecule has 262 valence electrons. The van der Waals surface area contributed by atoms with E-state index >= 15 is 0 Å². The Bertz CT molecular complexity index is 3240. The van der Waals surface area contributed by atoms with Crippen molar-refractivity contribution in [2.45, 2.75) is 0 Å². The van der Waals surface area contributed by atoms with Crippen molar-refractivity contribution in [3.8, 4) is 67.4 Å². The Morgan fingerprint density at radius 1 is 0.339 bits per heavy atom. The molecule has 5 nitrogen and oxygen atoms in total. The van der Waals surface area contributed by atoms with E-state index in [0.717, 1.165) is 105 Å². The lowest BCUT2D eigenvalue weighted by molar-refractivity contribution is 0.668. The molecule has 0 saturated carbocycles. The lowest BCUT2D eigenvalue weighted by atomic mass is 9.92. The SMILES string of the molecule is c1ccc(-c2cc(-c3cccc(-c4ccccn4)c3)nc(-c3ccc(-c4ccc(-c5cccc6oc7ccccc7c56)c5oc6ccccc6c45)cc3)n2)cc1. The fraction of sp³-hybridized carbons (Fsp3) is 0. The summed E-state index contributed by atoms with van der Waals surface area (Å²) in [5.74, 6) is 0.658. The number of aromatic nitrogens is 3. The topological polar surface area (TPSA) is 65.0 Å². The summed E-state index contributed by atoms with van der Waals surface area (Å²) >= 11 is 0. The van der Waals surface area contributed by atoms with Crippen LogP contribution in [0.3, 0.4) is 0 Å². The van der Waals surface area contributed by atoms with Crippen molar-refractivity contribution in [2.75, 3.05) is 0 Å². The Balaban J connectivity index is 1.04. The van der Waals surface area contributed by atoms with E-state index in [9.17, 15) is 0 Å². The molecule has 0 bridgehead atoms. The number of nitrogens with zero attached hydrogens (tertiary/aromatic N) is 3. The fourth-order valence-electron chi connectivity index (χ4n) is 7.93. The zero-order chi connectivity index (χ0) is 37.0. The molecule has 0 aliphatic rings. The van der Waals surface area contributed by atoms with Crippen LogP contribution in [0, 0.1) is 0 Å².